The lowest BCUT2D eigenvalue weighted by atomic mass is 10.3. The Labute approximate surface area is 95.4 Å². The van der Waals surface area contributed by atoms with E-state index in [4.69, 9.17) is 0 Å². The van der Waals surface area contributed by atoms with E-state index in [1.54, 1.807) is 17.1 Å². The van der Waals surface area contributed by atoms with E-state index in [1.165, 1.54) is 0 Å². The van der Waals surface area contributed by atoms with E-state index < -0.39 is 0 Å². The van der Waals surface area contributed by atoms with E-state index in [-0.39, 0.29) is 5.78 Å². The van der Waals surface area contributed by atoms with Crippen LogP contribution in [0.25, 0.3) is 11.0 Å². The van der Waals surface area contributed by atoms with E-state index in [1.807, 2.05) is 13.0 Å². The first-order chi connectivity index (χ1) is 7.20. The number of carbonyl (C=O) groups is 1. The maximum Gasteiger partial charge on any atom is 0.154 e. The largest absolute Gasteiger partial charge is 0.298 e. The van der Waals surface area contributed by atoms with Gasteiger partial charge in [-0.25, -0.2) is 0 Å². The molecule has 0 spiro atoms. The molecule has 0 atom stereocenters. The summed E-state index contributed by atoms with van der Waals surface area (Å²) in [6, 6.07) is 1.91. The minimum atomic E-state index is 0.167. The molecule has 2 aromatic rings. The molecular weight excluding hydrogens is 258 g/mol. The molecule has 0 unspecified atom stereocenters. The zero-order chi connectivity index (χ0) is 10.8. The van der Waals surface area contributed by atoms with Gasteiger partial charge < -0.3 is 0 Å². The molecule has 0 aromatic carbocycles. The van der Waals surface area contributed by atoms with Crippen molar-refractivity contribution in [2.75, 3.05) is 0 Å². The summed E-state index contributed by atoms with van der Waals surface area (Å²) in [6.45, 7) is 2.17. The first-order valence-corrected chi connectivity index (χ1v) is 5.48. The highest BCUT2D eigenvalue weighted by Crippen LogP contribution is 2.16. The minimum Gasteiger partial charge on any atom is -0.298 e. The molecule has 5 heteroatoms. The summed E-state index contributed by atoms with van der Waals surface area (Å²) in [7, 11) is 0. The van der Waals surface area contributed by atoms with Crippen molar-refractivity contribution < 1.29 is 4.79 Å². The summed E-state index contributed by atoms with van der Waals surface area (Å²) < 4.78 is 2.57. The summed E-state index contributed by atoms with van der Waals surface area (Å²) in [5.41, 5.74) is 1.69. The molecule has 0 amide bonds. The van der Waals surface area contributed by atoms with Crippen LogP contribution in [0, 0.1) is 0 Å². The van der Waals surface area contributed by atoms with Gasteiger partial charge in [-0.05, 0) is 22.0 Å². The van der Waals surface area contributed by atoms with Gasteiger partial charge in [0.2, 0.25) is 0 Å². The van der Waals surface area contributed by atoms with Crippen LogP contribution in [0.5, 0.6) is 0 Å². The number of carbonyl (C=O) groups excluding carboxylic acids is 1. The predicted octanol–water partition coefficient (Wildman–Crippen LogP) is 2.17. The Morgan fingerprint density at radius 2 is 2.33 bits per heavy atom. The molecule has 0 N–H and O–H groups in total. The third-order valence-corrected chi connectivity index (χ3v) is 2.62. The summed E-state index contributed by atoms with van der Waals surface area (Å²) >= 11 is 3.35. The number of halogens is 1. The van der Waals surface area contributed by atoms with Gasteiger partial charge in [0.15, 0.2) is 5.78 Å². The summed E-state index contributed by atoms with van der Waals surface area (Å²) in [4.78, 5) is 15.5. The van der Waals surface area contributed by atoms with Gasteiger partial charge in [0.05, 0.1) is 11.7 Å². The van der Waals surface area contributed by atoms with Crippen molar-refractivity contribution in [2.45, 2.75) is 19.9 Å². The van der Waals surface area contributed by atoms with Gasteiger partial charge in [0, 0.05) is 17.1 Å². The number of hydrogen-bond donors (Lipinski definition) is 0. The number of ketones is 1. The highest BCUT2D eigenvalue weighted by Gasteiger charge is 2.07. The number of nitrogens with zero attached hydrogens (tertiary/aromatic N) is 3. The first-order valence-electron chi connectivity index (χ1n) is 4.69. The van der Waals surface area contributed by atoms with Crippen LogP contribution in [0.2, 0.25) is 0 Å². The van der Waals surface area contributed by atoms with Gasteiger partial charge in [0.1, 0.15) is 12.1 Å². The van der Waals surface area contributed by atoms with Crippen LogP contribution < -0.4 is 0 Å². The molecule has 15 heavy (non-hydrogen) atoms. The maximum absolute atomic E-state index is 11.3. The molecule has 78 valence electrons. The Balaban J connectivity index is 2.43. The van der Waals surface area contributed by atoms with Crippen LogP contribution in [0.1, 0.15) is 13.3 Å². The maximum atomic E-state index is 11.3. The molecular formula is C10H10BrN3O. The number of fused-ring (bicyclic) bond motifs is 1. The zero-order valence-electron chi connectivity index (χ0n) is 8.27. The molecule has 2 heterocycles. The second kappa shape index (κ2) is 4.10. The highest BCUT2D eigenvalue weighted by molar-refractivity contribution is 9.10. The fourth-order valence-electron chi connectivity index (χ4n) is 1.34. The standard InChI is InChI=1S/C10H10BrN3O/c1-2-8(15)6-14-10-3-7(11)4-12-9(10)5-13-14/h3-5H,2,6H2,1H3. The number of hydrogen-bond acceptors (Lipinski definition) is 3. The lowest BCUT2D eigenvalue weighted by Gasteiger charge is -2.00. The summed E-state index contributed by atoms with van der Waals surface area (Å²) in [6.07, 6.45) is 3.92. The second-order valence-electron chi connectivity index (χ2n) is 3.25. The second-order valence-corrected chi connectivity index (χ2v) is 4.17. The first kappa shape index (κ1) is 10.3. The molecule has 0 aliphatic heterocycles. The highest BCUT2D eigenvalue weighted by atomic mass is 79.9. The van der Waals surface area contributed by atoms with E-state index >= 15 is 0 Å². The Morgan fingerprint density at radius 1 is 1.53 bits per heavy atom. The molecule has 0 radical (unpaired) electrons. The number of Topliss-reactive ketones (excluding diaryl/α,β-unsaturated/α-hetero) is 1. The van der Waals surface area contributed by atoms with Gasteiger partial charge in [-0.15, -0.1) is 0 Å². The Kier molecular flexibility index (Phi) is 2.81. The van der Waals surface area contributed by atoms with Crippen molar-refractivity contribution in [3.05, 3.63) is 22.9 Å². The van der Waals surface area contributed by atoms with Crippen LogP contribution >= 0.6 is 15.9 Å². The van der Waals surface area contributed by atoms with Crippen LogP contribution in [-0.4, -0.2) is 20.5 Å². The predicted molar refractivity (Wildman–Crippen MR) is 60.5 cm³/mol. The van der Waals surface area contributed by atoms with Crippen LogP contribution in [0.15, 0.2) is 22.9 Å². The Morgan fingerprint density at radius 3 is 3.07 bits per heavy atom. The lowest BCUT2D eigenvalue weighted by Crippen LogP contribution is -2.09. The average molecular weight is 268 g/mol. The van der Waals surface area contributed by atoms with Crippen molar-refractivity contribution >= 4 is 32.7 Å². The number of pyridine rings is 1. The van der Waals surface area contributed by atoms with Crippen molar-refractivity contribution in [3.63, 3.8) is 0 Å². The quantitative estimate of drug-likeness (QED) is 0.857. The molecule has 4 nitrogen and oxygen atoms in total. The zero-order valence-corrected chi connectivity index (χ0v) is 9.86. The van der Waals surface area contributed by atoms with Gasteiger partial charge in [0.25, 0.3) is 0 Å². The van der Waals surface area contributed by atoms with E-state index in [0.717, 1.165) is 15.5 Å². The van der Waals surface area contributed by atoms with Crippen molar-refractivity contribution in [3.8, 4) is 0 Å². The van der Waals surface area contributed by atoms with Crippen LogP contribution in [0.4, 0.5) is 0 Å². The molecule has 0 saturated heterocycles. The molecule has 0 fully saturated rings. The monoisotopic (exact) mass is 267 g/mol. The average Bonchev–Trinajstić information content (AvgIpc) is 2.61. The fraction of sp³-hybridized carbons (Fsp3) is 0.300. The smallest absolute Gasteiger partial charge is 0.154 e. The number of rotatable bonds is 3. The van der Waals surface area contributed by atoms with Gasteiger partial charge in [-0.1, -0.05) is 6.92 Å². The topological polar surface area (TPSA) is 47.8 Å². The van der Waals surface area contributed by atoms with Crippen molar-refractivity contribution in [1.82, 2.24) is 14.8 Å². The fourth-order valence-corrected chi connectivity index (χ4v) is 1.66. The Bertz CT molecular complexity index is 506. The molecule has 0 saturated carbocycles. The molecule has 2 aromatic heterocycles. The summed E-state index contributed by atoms with van der Waals surface area (Å²) in [5, 5.41) is 4.14. The SMILES string of the molecule is CCC(=O)Cn1ncc2ncc(Br)cc21. The van der Waals surface area contributed by atoms with E-state index in [2.05, 4.69) is 26.0 Å². The third-order valence-electron chi connectivity index (χ3n) is 2.18. The summed E-state index contributed by atoms with van der Waals surface area (Å²) in [5.74, 6) is 0.167. The van der Waals surface area contributed by atoms with Gasteiger partial charge >= 0.3 is 0 Å². The van der Waals surface area contributed by atoms with Gasteiger partial charge in [-0.3, -0.25) is 14.5 Å². The third kappa shape index (κ3) is 2.07. The normalized spacial score (nSPS) is 10.8. The van der Waals surface area contributed by atoms with E-state index in [9.17, 15) is 4.79 Å². The van der Waals surface area contributed by atoms with Crippen LogP contribution in [0.3, 0.4) is 0 Å². The minimum absolute atomic E-state index is 0.167. The molecule has 2 rings (SSSR count). The Hall–Kier alpha value is -1.23. The van der Waals surface area contributed by atoms with Gasteiger partial charge in [-0.2, -0.15) is 5.10 Å². The van der Waals surface area contributed by atoms with Crippen molar-refractivity contribution in [1.29, 1.82) is 0 Å². The molecule has 0 aliphatic carbocycles. The molecule has 0 bridgehead atoms. The lowest BCUT2D eigenvalue weighted by molar-refractivity contribution is -0.119. The molecule has 0 aliphatic rings. The number of aromatic nitrogens is 3. The van der Waals surface area contributed by atoms with Crippen LogP contribution in [-0.2, 0) is 11.3 Å². The van der Waals surface area contributed by atoms with E-state index in [0.29, 0.717) is 13.0 Å². The van der Waals surface area contributed by atoms with Crippen molar-refractivity contribution in [2.24, 2.45) is 0 Å².